The van der Waals surface area contributed by atoms with Crippen molar-refractivity contribution in [2.45, 2.75) is 13.8 Å². The molecule has 39 heavy (non-hydrogen) atoms. The van der Waals surface area contributed by atoms with Crippen molar-refractivity contribution in [2.75, 3.05) is 10.6 Å². The lowest BCUT2D eigenvalue weighted by Gasteiger charge is -2.16. The van der Waals surface area contributed by atoms with Crippen LogP contribution in [0.5, 0.6) is 0 Å². The maximum atomic E-state index is 13.6. The van der Waals surface area contributed by atoms with E-state index in [2.05, 4.69) is 10.6 Å². The van der Waals surface area contributed by atoms with Gasteiger partial charge in [-0.1, -0.05) is 78.3 Å². The number of aryl methyl sites for hydroxylation is 2. The third-order valence-electron chi connectivity index (χ3n) is 6.60. The molecule has 5 heteroatoms. The maximum Gasteiger partial charge on any atom is 0.195 e. The summed E-state index contributed by atoms with van der Waals surface area (Å²) in [5.74, 6) is -0.214. The van der Waals surface area contributed by atoms with Crippen LogP contribution in [0, 0.1) is 13.8 Å². The van der Waals surface area contributed by atoms with Crippen molar-refractivity contribution >= 4 is 45.9 Å². The van der Waals surface area contributed by atoms with Gasteiger partial charge in [-0.3, -0.25) is 9.59 Å². The fraction of sp³-hybridized carbons (Fsp3) is 0.0588. The highest BCUT2D eigenvalue weighted by molar-refractivity contribution is 6.35. The number of para-hydroxylation sites is 1. The predicted octanol–water partition coefficient (Wildman–Crippen LogP) is 8.91. The number of rotatable bonds is 8. The van der Waals surface area contributed by atoms with Gasteiger partial charge in [-0.25, -0.2) is 0 Å². The Hall–Kier alpha value is -4.67. The zero-order valence-electron chi connectivity index (χ0n) is 21.7. The van der Waals surface area contributed by atoms with Gasteiger partial charge in [0.25, 0.3) is 0 Å². The number of nitrogens with one attached hydrogen (secondary N) is 2. The smallest absolute Gasteiger partial charge is 0.195 e. The molecule has 0 aromatic heterocycles. The van der Waals surface area contributed by atoms with E-state index in [1.807, 2.05) is 105 Å². The Balaban J connectivity index is 1.50. The van der Waals surface area contributed by atoms with Crippen molar-refractivity contribution in [1.82, 2.24) is 0 Å². The molecule has 0 bridgehead atoms. The topological polar surface area (TPSA) is 58.2 Å². The molecule has 192 valence electrons. The number of hydrogen-bond acceptors (Lipinski definition) is 4. The summed E-state index contributed by atoms with van der Waals surface area (Å²) >= 11 is 6.61. The number of carbonyl (C=O) groups is 2. The van der Waals surface area contributed by atoms with Crippen LogP contribution in [-0.2, 0) is 0 Å². The molecule has 0 fully saturated rings. The van der Waals surface area contributed by atoms with Crippen LogP contribution in [0.15, 0.2) is 115 Å². The van der Waals surface area contributed by atoms with Gasteiger partial charge in [0.2, 0.25) is 0 Å². The maximum absolute atomic E-state index is 13.6. The first-order valence-corrected chi connectivity index (χ1v) is 13.0. The minimum absolute atomic E-state index is 0.0840. The van der Waals surface area contributed by atoms with E-state index in [4.69, 9.17) is 11.6 Å². The first kappa shape index (κ1) is 26.0. The molecule has 5 aromatic rings. The largest absolute Gasteiger partial charge is 0.355 e. The number of anilines is 4. The summed E-state index contributed by atoms with van der Waals surface area (Å²) in [5, 5.41) is 7.09. The summed E-state index contributed by atoms with van der Waals surface area (Å²) in [6.07, 6.45) is 0. The van der Waals surface area contributed by atoms with E-state index < -0.39 is 0 Å². The summed E-state index contributed by atoms with van der Waals surface area (Å²) in [6.45, 7) is 3.83. The highest BCUT2D eigenvalue weighted by Gasteiger charge is 2.18. The molecule has 0 aliphatic carbocycles. The van der Waals surface area contributed by atoms with Crippen LogP contribution in [0.4, 0.5) is 22.7 Å². The third kappa shape index (κ3) is 5.77. The molecule has 0 aliphatic rings. The second-order valence-electron chi connectivity index (χ2n) is 9.36. The Morgan fingerprint density at radius 3 is 1.62 bits per heavy atom. The molecule has 5 rings (SSSR count). The van der Waals surface area contributed by atoms with Crippen LogP contribution in [0.1, 0.15) is 43.0 Å². The fourth-order valence-corrected chi connectivity index (χ4v) is 4.76. The van der Waals surface area contributed by atoms with E-state index in [1.54, 1.807) is 24.3 Å². The standard InChI is InChI=1S/C34H27ClN2O2/c1-22-10-6-8-14-27(22)33(38)29-18-16-25(20-31(29)35)37-32-21-26(36-24-12-4-3-5-13-24)17-19-30(32)34(39)28-15-9-7-11-23(28)2/h3-21,36-37H,1-2H3. The van der Waals surface area contributed by atoms with E-state index in [9.17, 15) is 9.59 Å². The molecule has 5 aromatic carbocycles. The van der Waals surface area contributed by atoms with E-state index >= 15 is 0 Å². The first-order valence-electron chi connectivity index (χ1n) is 12.6. The van der Waals surface area contributed by atoms with Gasteiger partial charge in [-0.2, -0.15) is 0 Å². The van der Waals surface area contributed by atoms with Crippen LogP contribution >= 0.6 is 11.6 Å². The molecule has 0 saturated heterocycles. The quantitative estimate of drug-likeness (QED) is 0.197. The van der Waals surface area contributed by atoms with Gasteiger partial charge >= 0.3 is 0 Å². The average Bonchev–Trinajstić information content (AvgIpc) is 2.94. The molecule has 0 amide bonds. The number of ketones is 2. The summed E-state index contributed by atoms with van der Waals surface area (Å²) in [5.41, 5.74) is 7.05. The SMILES string of the molecule is Cc1ccccc1C(=O)c1ccc(Nc2cc(Nc3ccccc3)ccc2C(=O)c2ccccc2C)cc1Cl. The van der Waals surface area contributed by atoms with Crippen LogP contribution in [0.2, 0.25) is 5.02 Å². The molecule has 0 atom stereocenters. The number of halogens is 1. The number of benzene rings is 5. The summed E-state index contributed by atoms with van der Waals surface area (Å²) in [7, 11) is 0. The molecule has 0 unspecified atom stereocenters. The molecule has 0 aliphatic heterocycles. The van der Waals surface area contributed by atoms with Crippen molar-refractivity contribution < 1.29 is 9.59 Å². The molecule has 4 nitrogen and oxygen atoms in total. The van der Waals surface area contributed by atoms with Crippen LogP contribution in [0.3, 0.4) is 0 Å². The summed E-state index contributed by atoms with van der Waals surface area (Å²) < 4.78 is 0. The molecule has 0 saturated carbocycles. The van der Waals surface area contributed by atoms with Crippen molar-refractivity contribution in [3.8, 4) is 0 Å². The fourth-order valence-electron chi connectivity index (χ4n) is 4.49. The molecular formula is C34H27ClN2O2. The Morgan fingerprint density at radius 1 is 0.513 bits per heavy atom. The second-order valence-corrected chi connectivity index (χ2v) is 9.77. The lowest BCUT2D eigenvalue weighted by molar-refractivity contribution is 0.103. The first-order chi connectivity index (χ1) is 18.9. The minimum Gasteiger partial charge on any atom is -0.355 e. The third-order valence-corrected chi connectivity index (χ3v) is 6.91. The zero-order chi connectivity index (χ0) is 27.4. The molecule has 2 N–H and O–H groups in total. The van der Waals surface area contributed by atoms with Gasteiger partial charge in [-0.15, -0.1) is 0 Å². The van der Waals surface area contributed by atoms with Gasteiger partial charge in [0, 0.05) is 39.3 Å². The van der Waals surface area contributed by atoms with E-state index in [0.29, 0.717) is 38.7 Å². The van der Waals surface area contributed by atoms with E-state index in [1.165, 1.54) is 0 Å². The molecule has 0 heterocycles. The van der Waals surface area contributed by atoms with Crippen LogP contribution in [0.25, 0.3) is 0 Å². The van der Waals surface area contributed by atoms with Gasteiger partial charge in [0.05, 0.1) is 10.7 Å². The molecular weight excluding hydrogens is 504 g/mol. The van der Waals surface area contributed by atoms with Crippen molar-refractivity contribution in [3.05, 3.63) is 154 Å². The number of carbonyl (C=O) groups excluding carboxylic acids is 2. The monoisotopic (exact) mass is 530 g/mol. The lowest BCUT2D eigenvalue weighted by atomic mass is 9.97. The second kappa shape index (κ2) is 11.4. The average molecular weight is 531 g/mol. The van der Waals surface area contributed by atoms with Gasteiger partial charge in [-0.05, 0) is 73.5 Å². The van der Waals surface area contributed by atoms with Crippen LogP contribution in [-0.4, -0.2) is 11.6 Å². The van der Waals surface area contributed by atoms with E-state index in [-0.39, 0.29) is 11.6 Å². The normalized spacial score (nSPS) is 10.6. The van der Waals surface area contributed by atoms with Crippen molar-refractivity contribution in [2.24, 2.45) is 0 Å². The summed E-state index contributed by atoms with van der Waals surface area (Å²) in [4.78, 5) is 26.8. The van der Waals surface area contributed by atoms with Crippen molar-refractivity contribution in [3.63, 3.8) is 0 Å². The summed E-state index contributed by atoms with van der Waals surface area (Å²) in [6, 6.07) is 35.7. The Morgan fingerprint density at radius 2 is 1.03 bits per heavy atom. The number of hydrogen-bond donors (Lipinski definition) is 2. The van der Waals surface area contributed by atoms with Gasteiger partial charge in [0.15, 0.2) is 11.6 Å². The highest BCUT2D eigenvalue weighted by Crippen LogP contribution is 2.31. The van der Waals surface area contributed by atoms with Gasteiger partial charge < -0.3 is 10.6 Å². The lowest BCUT2D eigenvalue weighted by Crippen LogP contribution is -2.08. The Labute approximate surface area is 233 Å². The molecule has 0 radical (unpaired) electrons. The predicted molar refractivity (Wildman–Crippen MR) is 160 cm³/mol. The highest BCUT2D eigenvalue weighted by atomic mass is 35.5. The Bertz CT molecular complexity index is 1680. The molecule has 0 spiro atoms. The van der Waals surface area contributed by atoms with Gasteiger partial charge in [0.1, 0.15) is 0 Å². The zero-order valence-corrected chi connectivity index (χ0v) is 22.4. The van der Waals surface area contributed by atoms with Crippen LogP contribution < -0.4 is 10.6 Å². The Kier molecular flexibility index (Phi) is 7.57. The van der Waals surface area contributed by atoms with Crippen molar-refractivity contribution in [1.29, 1.82) is 0 Å². The minimum atomic E-state index is -0.130. The van der Waals surface area contributed by atoms with E-state index in [0.717, 1.165) is 22.5 Å².